The fourth-order valence-corrected chi connectivity index (χ4v) is 2.51. The summed E-state index contributed by atoms with van der Waals surface area (Å²) in [7, 11) is 3.62. The number of nitrogens with zero attached hydrogens (tertiary/aromatic N) is 1. The average Bonchev–Trinajstić information content (AvgIpc) is 2.46. The van der Waals surface area contributed by atoms with E-state index in [4.69, 9.17) is 0 Å². The van der Waals surface area contributed by atoms with E-state index in [1.54, 1.807) is 4.90 Å². The van der Waals surface area contributed by atoms with Gasteiger partial charge in [0.05, 0.1) is 0 Å². The van der Waals surface area contributed by atoms with E-state index in [0.29, 0.717) is 6.42 Å². The fraction of sp³-hybridized carbons (Fsp3) is 0.235. The zero-order chi connectivity index (χ0) is 14.6. The summed E-state index contributed by atoms with van der Waals surface area (Å²) in [6, 6.07) is 19.1. The predicted molar refractivity (Wildman–Crippen MR) is 79.6 cm³/mol. The molecule has 2 rings (SSSR count). The smallest absolute Gasteiger partial charge is 0.329 e. The van der Waals surface area contributed by atoms with Crippen LogP contribution in [0.1, 0.15) is 11.1 Å². The molecule has 0 saturated heterocycles. The van der Waals surface area contributed by atoms with Gasteiger partial charge in [0.1, 0.15) is 5.54 Å². The Morgan fingerprint density at radius 2 is 1.50 bits per heavy atom. The molecule has 1 atom stereocenters. The van der Waals surface area contributed by atoms with Crippen LogP contribution in [0.2, 0.25) is 0 Å². The van der Waals surface area contributed by atoms with Crippen molar-refractivity contribution in [1.29, 1.82) is 0 Å². The van der Waals surface area contributed by atoms with Gasteiger partial charge in [-0.25, -0.2) is 4.79 Å². The van der Waals surface area contributed by atoms with Crippen molar-refractivity contribution in [3.8, 4) is 0 Å². The summed E-state index contributed by atoms with van der Waals surface area (Å²) in [5, 5.41) is 9.87. The van der Waals surface area contributed by atoms with Crippen LogP contribution in [0.15, 0.2) is 60.7 Å². The first kappa shape index (κ1) is 14.3. The zero-order valence-corrected chi connectivity index (χ0v) is 11.8. The van der Waals surface area contributed by atoms with Crippen molar-refractivity contribution in [2.24, 2.45) is 0 Å². The van der Waals surface area contributed by atoms with Crippen molar-refractivity contribution in [2.45, 2.75) is 12.0 Å². The van der Waals surface area contributed by atoms with E-state index in [2.05, 4.69) is 0 Å². The number of likely N-dealkylation sites (N-methyl/N-ethyl adjacent to an activating group) is 1. The number of carboxylic acid groups (broad SMARTS) is 1. The van der Waals surface area contributed by atoms with Crippen LogP contribution in [-0.4, -0.2) is 30.1 Å². The van der Waals surface area contributed by atoms with E-state index >= 15 is 0 Å². The van der Waals surface area contributed by atoms with Crippen LogP contribution in [0.25, 0.3) is 0 Å². The first-order chi connectivity index (χ1) is 9.57. The van der Waals surface area contributed by atoms with Crippen LogP contribution in [0, 0.1) is 0 Å². The molecule has 0 amide bonds. The van der Waals surface area contributed by atoms with Crippen LogP contribution in [0.4, 0.5) is 0 Å². The van der Waals surface area contributed by atoms with Crippen molar-refractivity contribution in [2.75, 3.05) is 14.1 Å². The molecule has 0 aliphatic heterocycles. The molecule has 0 saturated carbocycles. The molecule has 0 bridgehead atoms. The van der Waals surface area contributed by atoms with Crippen LogP contribution < -0.4 is 0 Å². The Bertz CT molecular complexity index is 566. The van der Waals surface area contributed by atoms with Gasteiger partial charge in [-0.3, -0.25) is 4.90 Å². The van der Waals surface area contributed by atoms with Crippen molar-refractivity contribution in [3.05, 3.63) is 71.8 Å². The number of benzene rings is 2. The summed E-state index contributed by atoms with van der Waals surface area (Å²) in [5.41, 5.74) is 0.747. The molecular weight excluding hydrogens is 250 g/mol. The van der Waals surface area contributed by atoms with Crippen molar-refractivity contribution in [3.63, 3.8) is 0 Å². The lowest BCUT2D eigenvalue weighted by molar-refractivity contribution is -0.150. The number of hydrogen-bond donors (Lipinski definition) is 1. The Kier molecular flexibility index (Phi) is 4.20. The van der Waals surface area contributed by atoms with Gasteiger partial charge < -0.3 is 5.11 Å². The van der Waals surface area contributed by atoms with E-state index in [0.717, 1.165) is 11.1 Å². The topological polar surface area (TPSA) is 40.5 Å². The van der Waals surface area contributed by atoms with Crippen LogP contribution in [0.5, 0.6) is 0 Å². The van der Waals surface area contributed by atoms with Gasteiger partial charge in [0, 0.05) is 6.42 Å². The van der Waals surface area contributed by atoms with E-state index in [9.17, 15) is 9.90 Å². The fourth-order valence-electron chi connectivity index (χ4n) is 2.51. The van der Waals surface area contributed by atoms with E-state index < -0.39 is 11.5 Å². The summed E-state index contributed by atoms with van der Waals surface area (Å²) in [6.45, 7) is 0. The van der Waals surface area contributed by atoms with Gasteiger partial charge in [0.2, 0.25) is 0 Å². The molecule has 104 valence electrons. The van der Waals surface area contributed by atoms with E-state index in [-0.39, 0.29) is 0 Å². The molecule has 1 unspecified atom stereocenters. The van der Waals surface area contributed by atoms with Gasteiger partial charge in [-0.2, -0.15) is 0 Å². The zero-order valence-electron chi connectivity index (χ0n) is 11.8. The minimum absolute atomic E-state index is 0.431. The maximum Gasteiger partial charge on any atom is 0.329 e. The number of aliphatic carboxylic acids is 1. The first-order valence-electron chi connectivity index (χ1n) is 6.57. The SMILES string of the molecule is CN(C)C(Cc1ccccc1)(C(=O)O)c1ccccc1. The Morgan fingerprint density at radius 1 is 1.00 bits per heavy atom. The predicted octanol–water partition coefficient (Wildman–Crippen LogP) is 2.77. The second kappa shape index (κ2) is 5.88. The lowest BCUT2D eigenvalue weighted by atomic mass is 9.82. The third kappa shape index (κ3) is 2.58. The molecule has 0 radical (unpaired) electrons. The van der Waals surface area contributed by atoms with Crippen molar-refractivity contribution >= 4 is 5.97 Å². The minimum Gasteiger partial charge on any atom is -0.480 e. The highest BCUT2D eigenvalue weighted by atomic mass is 16.4. The number of carboxylic acids is 1. The van der Waals surface area contributed by atoms with Gasteiger partial charge in [0.15, 0.2) is 0 Å². The minimum atomic E-state index is -1.05. The quantitative estimate of drug-likeness (QED) is 0.907. The molecule has 0 fully saturated rings. The van der Waals surface area contributed by atoms with Gasteiger partial charge in [-0.1, -0.05) is 60.7 Å². The second-order valence-corrected chi connectivity index (χ2v) is 5.09. The maximum absolute atomic E-state index is 12.0. The molecule has 20 heavy (non-hydrogen) atoms. The monoisotopic (exact) mass is 269 g/mol. The molecule has 0 spiro atoms. The standard InChI is InChI=1S/C17H19NO2/c1-18(2)17(16(19)20,15-11-7-4-8-12-15)13-14-9-5-3-6-10-14/h3-12H,13H2,1-2H3,(H,19,20). The van der Waals surface area contributed by atoms with Gasteiger partial charge >= 0.3 is 5.97 Å². The molecule has 3 nitrogen and oxygen atoms in total. The lowest BCUT2D eigenvalue weighted by Gasteiger charge is -2.36. The Balaban J connectivity index is 2.52. The Morgan fingerprint density at radius 3 is 1.95 bits per heavy atom. The Hall–Kier alpha value is -2.13. The maximum atomic E-state index is 12.0. The summed E-state index contributed by atoms with van der Waals surface area (Å²) >= 11 is 0. The van der Waals surface area contributed by atoms with E-state index in [1.807, 2.05) is 74.8 Å². The third-order valence-corrected chi connectivity index (χ3v) is 3.67. The first-order valence-corrected chi connectivity index (χ1v) is 6.57. The number of hydrogen-bond acceptors (Lipinski definition) is 2. The summed E-state index contributed by atoms with van der Waals surface area (Å²) < 4.78 is 0. The molecule has 3 heteroatoms. The third-order valence-electron chi connectivity index (χ3n) is 3.67. The van der Waals surface area contributed by atoms with Crippen molar-refractivity contribution in [1.82, 2.24) is 4.90 Å². The molecule has 1 N–H and O–H groups in total. The highest BCUT2D eigenvalue weighted by Gasteiger charge is 2.42. The summed E-state index contributed by atoms with van der Waals surface area (Å²) in [6.07, 6.45) is 0.431. The number of carbonyl (C=O) groups is 1. The highest BCUT2D eigenvalue weighted by molar-refractivity contribution is 5.81. The van der Waals surface area contributed by atoms with Crippen LogP contribution in [0.3, 0.4) is 0 Å². The molecule has 2 aromatic rings. The average molecular weight is 269 g/mol. The summed E-state index contributed by atoms with van der Waals surface area (Å²) in [4.78, 5) is 13.8. The number of rotatable bonds is 5. The lowest BCUT2D eigenvalue weighted by Crippen LogP contribution is -2.50. The highest BCUT2D eigenvalue weighted by Crippen LogP contribution is 2.31. The van der Waals surface area contributed by atoms with Crippen LogP contribution >= 0.6 is 0 Å². The molecule has 2 aromatic carbocycles. The molecular formula is C17H19NO2. The van der Waals surface area contributed by atoms with Crippen molar-refractivity contribution < 1.29 is 9.90 Å². The second-order valence-electron chi connectivity index (χ2n) is 5.09. The normalized spacial score (nSPS) is 13.9. The van der Waals surface area contributed by atoms with E-state index in [1.165, 1.54) is 0 Å². The largest absolute Gasteiger partial charge is 0.480 e. The van der Waals surface area contributed by atoms with Gasteiger partial charge in [-0.05, 0) is 25.2 Å². The molecule has 0 aliphatic carbocycles. The molecule has 0 heterocycles. The van der Waals surface area contributed by atoms with Gasteiger partial charge in [-0.15, -0.1) is 0 Å². The molecule has 0 aromatic heterocycles. The van der Waals surface area contributed by atoms with Crippen LogP contribution in [-0.2, 0) is 16.8 Å². The molecule has 0 aliphatic rings. The Labute approximate surface area is 119 Å². The summed E-state index contributed by atoms with van der Waals surface area (Å²) in [5.74, 6) is -0.836. The van der Waals surface area contributed by atoms with Gasteiger partial charge in [0.25, 0.3) is 0 Å².